The minimum atomic E-state index is -6.04. The number of hydrogen-bond acceptors (Lipinski definition) is 19. The molecule has 7 atom stereocenters. The molecule has 3 unspecified atom stereocenters. The first-order chi connectivity index (χ1) is 20.0. The molecule has 3 rings (SSSR count). The first kappa shape index (κ1) is 38.6. The van der Waals surface area contributed by atoms with Crippen molar-refractivity contribution in [3.63, 3.8) is 0 Å². The number of imidazole rings is 1. The van der Waals surface area contributed by atoms with Crippen molar-refractivity contribution >= 4 is 48.4 Å². The summed E-state index contributed by atoms with van der Waals surface area (Å²) in [5.41, 5.74) is 8.32. The summed E-state index contributed by atoms with van der Waals surface area (Å²) in [6.07, 6.45) is -5.66. The smallest absolute Gasteiger partial charge is 0.394 e. The highest BCUT2D eigenvalue weighted by molar-refractivity contribution is 7.69. The van der Waals surface area contributed by atoms with Gasteiger partial charge in [0.25, 0.3) is 5.56 Å². The summed E-state index contributed by atoms with van der Waals surface area (Å²) in [4.78, 5) is 66.6. The third kappa shape index (κ3) is 10.8. The average Bonchev–Trinajstić information content (AvgIpc) is 3.40. The molecule has 0 aromatic carbocycles. The molecular weight excluding hydrogens is 696 g/mol. The molecule has 0 radical (unpaired) electrons. The summed E-state index contributed by atoms with van der Waals surface area (Å²) < 4.78 is 66.7. The van der Waals surface area contributed by atoms with Gasteiger partial charge in [-0.3, -0.25) is 18.9 Å². The zero-order valence-electron chi connectivity index (χ0n) is 21.6. The van der Waals surface area contributed by atoms with Crippen LogP contribution in [0.5, 0.6) is 0 Å². The Morgan fingerprint density at radius 2 is 1.45 bits per heavy atom. The number of phosphoric ester groups is 1. The SMILES string of the molecule is NC(CO)(CO)CO.Nc1nc2c(ncn2[C@@H]2O[C@H](COP(=O)(O)OP(=O)(O)OP(=O)(O)OP(=O)(O)O)[C@@H](O)[C@H]2O)c(=O)[nH]1. The number of nitrogen functional groups attached to an aromatic ring is 1. The van der Waals surface area contributed by atoms with Crippen LogP contribution in [0.15, 0.2) is 11.1 Å². The van der Waals surface area contributed by atoms with Gasteiger partial charge in [0.15, 0.2) is 17.4 Å². The van der Waals surface area contributed by atoms with Crippen molar-refractivity contribution in [2.45, 2.75) is 30.1 Å². The number of nitrogens with two attached hydrogens (primary N) is 2. The predicted molar refractivity (Wildman–Crippen MR) is 137 cm³/mol. The zero-order valence-corrected chi connectivity index (χ0v) is 25.1. The molecule has 44 heavy (non-hydrogen) atoms. The number of ether oxygens (including phenoxy) is 1. The van der Waals surface area contributed by atoms with Crippen molar-refractivity contribution in [1.82, 2.24) is 19.5 Å². The highest BCUT2D eigenvalue weighted by atomic mass is 31.3. The average molecular weight is 724 g/mol. The van der Waals surface area contributed by atoms with Gasteiger partial charge < -0.3 is 66.2 Å². The Balaban J connectivity index is 0.000000742. The summed E-state index contributed by atoms with van der Waals surface area (Å²) in [5, 5.41) is 45.5. The van der Waals surface area contributed by atoms with E-state index in [9.17, 15) is 43.1 Å². The lowest BCUT2D eigenvalue weighted by Gasteiger charge is -2.20. The second-order valence-corrected chi connectivity index (χ2v) is 14.6. The van der Waals surface area contributed by atoms with Crippen LogP contribution in [-0.4, -0.2) is 120 Å². The molecule has 0 amide bonds. The van der Waals surface area contributed by atoms with E-state index in [-0.39, 0.29) is 17.1 Å². The molecule has 2 aromatic rings. The zero-order chi connectivity index (χ0) is 33.9. The Bertz CT molecular complexity index is 1530. The Hall–Kier alpha value is -1.57. The third-order valence-electron chi connectivity index (χ3n) is 5.03. The number of aliphatic hydroxyl groups excluding tert-OH is 5. The molecule has 1 aliphatic rings. The number of aromatic amines is 1. The van der Waals surface area contributed by atoms with Gasteiger partial charge in [-0.1, -0.05) is 0 Å². The standard InChI is InChI=1S/C10H17N5O17P4.C4H11NO3/c11-10-13-7-4(8(18)14-10)12-2-15(7)9-6(17)5(16)3(29-9)1-28-34(22,23)31-36(26,27)32-35(24,25)30-33(19,20)21;5-4(1-6,2-7)3-8/h2-3,5-6,9,16-17H,1H2,(H,22,23)(H,24,25)(H,26,27)(H2,19,20,21)(H3,11,13,14,18);6-8H,1-3,5H2/t3-,5-,6-,9-;/m1./s1. The summed E-state index contributed by atoms with van der Waals surface area (Å²) in [6.45, 7) is -2.32. The van der Waals surface area contributed by atoms with Crippen LogP contribution in [0.4, 0.5) is 5.95 Å². The topological polar surface area (TPSA) is 432 Å². The molecule has 254 valence electrons. The second-order valence-electron chi connectivity index (χ2n) is 8.60. The number of anilines is 1. The van der Waals surface area contributed by atoms with Crippen molar-refractivity contribution in [3.05, 3.63) is 16.7 Å². The fourth-order valence-corrected chi connectivity index (χ4v) is 7.45. The highest BCUT2D eigenvalue weighted by Crippen LogP contribution is 2.70. The molecule has 0 spiro atoms. The Labute approximate surface area is 243 Å². The lowest BCUT2D eigenvalue weighted by molar-refractivity contribution is -0.0503. The van der Waals surface area contributed by atoms with Gasteiger partial charge in [-0.2, -0.15) is 17.9 Å². The van der Waals surface area contributed by atoms with E-state index in [4.69, 9.17) is 46.2 Å². The molecule has 0 saturated carbocycles. The van der Waals surface area contributed by atoms with E-state index in [0.29, 0.717) is 0 Å². The van der Waals surface area contributed by atoms with Crippen LogP contribution in [0.1, 0.15) is 6.23 Å². The quantitative estimate of drug-likeness (QED) is 0.0865. The van der Waals surface area contributed by atoms with E-state index in [1.807, 2.05) is 0 Å². The molecule has 2 aromatic heterocycles. The van der Waals surface area contributed by atoms with Gasteiger partial charge in [-0.05, 0) is 0 Å². The molecule has 26 nitrogen and oxygen atoms in total. The lowest BCUT2D eigenvalue weighted by atomic mass is 10.1. The molecular formula is C14H28N6O20P4. The van der Waals surface area contributed by atoms with E-state index in [0.717, 1.165) is 10.9 Å². The van der Waals surface area contributed by atoms with Crippen molar-refractivity contribution in [3.8, 4) is 0 Å². The van der Waals surface area contributed by atoms with E-state index in [1.54, 1.807) is 0 Å². The molecule has 15 N–H and O–H groups in total. The first-order valence-corrected chi connectivity index (χ1v) is 17.2. The van der Waals surface area contributed by atoms with Crippen LogP contribution >= 0.6 is 31.3 Å². The van der Waals surface area contributed by atoms with E-state index in [1.165, 1.54) is 0 Å². The number of phosphoric acid groups is 4. The maximum absolute atomic E-state index is 12.0. The number of aliphatic hydroxyl groups is 5. The molecule has 1 saturated heterocycles. The third-order valence-corrected chi connectivity index (χ3v) is 10.5. The lowest BCUT2D eigenvalue weighted by Crippen LogP contribution is -2.50. The Morgan fingerprint density at radius 1 is 0.932 bits per heavy atom. The van der Waals surface area contributed by atoms with Crippen molar-refractivity contribution in [1.29, 1.82) is 0 Å². The molecule has 0 aliphatic carbocycles. The van der Waals surface area contributed by atoms with Crippen molar-refractivity contribution < 1.29 is 90.5 Å². The minimum absolute atomic E-state index is 0.158. The molecule has 0 bridgehead atoms. The maximum atomic E-state index is 12.0. The van der Waals surface area contributed by atoms with Gasteiger partial charge in [0.05, 0.1) is 38.3 Å². The number of nitrogens with one attached hydrogen (secondary N) is 1. The second kappa shape index (κ2) is 14.5. The van der Waals surface area contributed by atoms with Crippen LogP contribution in [0.25, 0.3) is 11.2 Å². The number of nitrogens with zero attached hydrogens (tertiary/aromatic N) is 3. The van der Waals surface area contributed by atoms with Gasteiger partial charge in [0.1, 0.15) is 18.3 Å². The Kier molecular flexibility index (Phi) is 12.7. The fourth-order valence-electron chi connectivity index (χ4n) is 2.99. The molecule has 1 aliphatic heterocycles. The van der Waals surface area contributed by atoms with Crippen LogP contribution in [0, 0.1) is 0 Å². The van der Waals surface area contributed by atoms with Gasteiger partial charge in [-0.25, -0.2) is 23.2 Å². The summed E-state index contributed by atoms with van der Waals surface area (Å²) in [7, 11) is -23.4. The molecule has 30 heteroatoms. The minimum Gasteiger partial charge on any atom is -0.394 e. The van der Waals surface area contributed by atoms with Gasteiger partial charge in [0, 0.05) is 0 Å². The van der Waals surface area contributed by atoms with Crippen LogP contribution < -0.4 is 17.0 Å². The number of H-pyrrole nitrogens is 1. The van der Waals surface area contributed by atoms with Crippen LogP contribution in [-0.2, 0) is 40.5 Å². The predicted octanol–water partition coefficient (Wildman–Crippen LogP) is -4.56. The molecule has 3 heterocycles. The summed E-state index contributed by atoms with van der Waals surface area (Å²) in [5.74, 6) is -0.310. The largest absolute Gasteiger partial charge is 0.490 e. The number of fused-ring (bicyclic) bond motifs is 1. The van der Waals surface area contributed by atoms with Gasteiger partial charge in [-0.15, -0.1) is 0 Å². The fraction of sp³-hybridized carbons (Fsp3) is 0.643. The van der Waals surface area contributed by atoms with Gasteiger partial charge >= 0.3 is 31.3 Å². The van der Waals surface area contributed by atoms with Crippen LogP contribution in [0.3, 0.4) is 0 Å². The van der Waals surface area contributed by atoms with Gasteiger partial charge in [0.2, 0.25) is 5.95 Å². The highest BCUT2D eigenvalue weighted by Gasteiger charge is 2.48. The number of hydrogen-bond donors (Lipinski definition) is 13. The number of aromatic nitrogens is 4. The monoisotopic (exact) mass is 724 g/mol. The van der Waals surface area contributed by atoms with E-state index < -0.39 is 93.4 Å². The summed E-state index contributed by atoms with van der Waals surface area (Å²) >= 11 is 0. The summed E-state index contributed by atoms with van der Waals surface area (Å²) in [6, 6.07) is 0. The first-order valence-electron chi connectivity index (χ1n) is 11.2. The number of rotatable bonds is 13. The van der Waals surface area contributed by atoms with Crippen molar-refractivity contribution in [2.24, 2.45) is 5.73 Å². The maximum Gasteiger partial charge on any atom is 0.490 e. The van der Waals surface area contributed by atoms with E-state index >= 15 is 0 Å². The normalized spacial score (nSPS) is 25.1. The van der Waals surface area contributed by atoms with E-state index in [2.05, 4.69) is 32.4 Å². The Morgan fingerprint density at radius 3 is 1.95 bits per heavy atom. The van der Waals surface area contributed by atoms with Crippen LogP contribution in [0.2, 0.25) is 0 Å². The van der Waals surface area contributed by atoms with Crippen molar-refractivity contribution in [2.75, 3.05) is 32.2 Å². The molecule has 1 fully saturated rings.